The Bertz CT molecular complexity index is 818. The highest BCUT2D eigenvalue weighted by molar-refractivity contribution is 7.18. The summed E-state index contributed by atoms with van der Waals surface area (Å²) >= 11 is 1.79. The van der Waals surface area contributed by atoms with Crippen molar-refractivity contribution in [1.29, 1.82) is 0 Å². The van der Waals surface area contributed by atoms with Gasteiger partial charge in [0.1, 0.15) is 16.5 Å². The number of morpholine rings is 2. The third-order valence-electron chi connectivity index (χ3n) is 5.91. The molecule has 0 aliphatic carbocycles. The van der Waals surface area contributed by atoms with Gasteiger partial charge in [0, 0.05) is 31.1 Å². The maximum Gasteiger partial charge on any atom is 0.146 e. The molecule has 6 nitrogen and oxygen atoms in total. The molecule has 2 aromatic rings. The van der Waals surface area contributed by atoms with E-state index in [0.29, 0.717) is 0 Å². The monoisotopic (exact) mass is 390 g/mol. The van der Waals surface area contributed by atoms with Gasteiger partial charge in [0.25, 0.3) is 0 Å². The molecule has 0 radical (unpaired) electrons. The molecule has 0 spiro atoms. The van der Waals surface area contributed by atoms with E-state index in [1.54, 1.807) is 11.3 Å². The van der Waals surface area contributed by atoms with Crippen molar-refractivity contribution in [2.45, 2.75) is 46.3 Å². The second kappa shape index (κ2) is 7.62. The van der Waals surface area contributed by atoms with Gasteiger partial charge >= 0.3 is 0 Å². The molecule has 0 N–H and O–H groups in total. The molecule has 0 aromatic carbocycles. The second-order valence-corrected chi connectivity index (χ2v) is 9.09. The van der Waals surface area contributed by atoms with Crippen LogP contribution in [0.5, 0.6) is 0 Å². The van der Waals surface area contributed by atoms with Crippen molar-refractivity contribution >= 4 is 27.4 Å². The third kappa shape index (κ3) is 3.83. The first kappa shape index (κ1) is 19.1. The Morgan fingerprint density at radius 2 is 1.89 bits per heavy atom. The molecule has 7 heteroatoms. The SMILES string of the molecule is CCC1(C)CN(c2nc(CN3CCOCC3)nc3sc(C)c(C)c23)CCO1. The lowest BCUT2D eigenvalue weighted by atomic mass is 10.0. The topological polar surface area (TPSA) is 50.7 Å². The minimum Gasteiger partial charge on any atom is -0.379 e. The summed E-state index contributed by atoms with van der Waals surface area (Å²) in [6.45, 7) is 15.6. The molecule has 1 atom stereocenters. The van der Waals surface area contributed by atoms with Gasteiger partial charge in [-0.05, 0) is 32.8 Å². The fourth-order valence-corrected chi connectivity index (χ4v) is 4.90. The van der Waals surface area contributed by atoms with E-state index in [4.69, 9.17) is 19.4 Å². The highest BCUT2D eigenvalue weighted by atomic mass is 32.1. The number of rotatable bonds is 4. The van der Waals surface area contributed by atoms with Crippen LogP contribution in [0.25, 0.3) is 10.2 Å². The highest BCUT2D eigenvalue weighted by Gasteiger charge is 2.32. The molecular weight excluding hydrogens is 360 g/mol. The van der Waals surface area contributed by atoms with Gasteiger partial charge in [-0.25, -0.2) is 9.97 Å². The maximum absolute atomic E-state index is 6.06. The van der Waals surface area contributed by atoms with Gasteiger partial charge in [-0.2, -0.15) is 0 Å². The van der Waals surface area contributed by atoms with Gasteiger partial charge in [-0.3, -0.25) is 4.90 Å². The van der Waals surface area contributed by atoms with E-state index < -0.39 is 0 Å². The Labute approximate surface area is 165 Å². The summed E-state index contributed by atoms with van der Waals surface area (Å²) < 4.78 is 11.5. The van der Waals surface area contributed by atoms with Crippen LogP contribution < -0.4 is 4.90 Å². The number of nitrogens with zero attached hydrogens (tertiary/aromatic N) is 4. The minimum absolute atomic E-state index is 0.112. The van der Waals surface area contributed by atoms with Crippen molar-refractivity contribution < 1.29 is 9.47 Å². The number of aromatic nitrogens is 2. The molecule has 4 heterocycles. The van der Waals surface area contributed by atoms with Crippen molar-refractivity contribution in [3.8, 4) is 0 Å². The molecule has 4 rings (SSSR count). The van der Waals surface area contributed by atoms with Crippen LogP contribution in [0, 0.1) is 13.8 Å². The lowest BCUT2D eigenvalue weighted by Crippen LogP contribution is -2.50. The molecule has 2 aromatic heterocycles. The predicted octanol–water partition coefficient (Wildman–Crippen LogP) is 3.15. The summed E-state index contributed by atoms with van der Waals surface area (Å²) in [5, 5.41) is 1.23. The molecular formula is C20H30N4O2S. The van der Waals surface area contributed by atoms with E-state index in [1.807, 2.05) is 0 Å². The van der Waals surface area contributed by atoms with Crippen LogP contribution in [-0.2, 0) is 16.0 Å². The number of fused-ring (bicyclic) bond motifs is 1. The van der Waals surface area contributed by atoms with Gasteiger partial charge in [0.2, 0.25) is 0 Å². The summed E-state index contributed by atoms with van der Waals surface area (Å²) in [6.07, 6.45) is 1.00. The van der Waals surface area contributed by atoms with Gasteiger partial charge < -0.3 is 14.4 Å². The van der Waals surface area contributed by atoms with Gasteiger partial charge in [-0.1, -0.05) is 6.92 Å². The number of aryl methyl sites for hydroxylation is 2. The fourth-order valence-electron chi connectivity index (χ4n) is 3.86. The molecule has 2 fully saturated rings. The Hall–Kier alpha value is -1.28. The third-order valence-corrected chi connectivity index (χ3v) is 7.01. The zero-order chi connectivity index (χ0) is 19.0. The van der Waals surface area contributed by atoms with E-state index in [-0.39, 0.29) is 5.60 Å². The van der Waals surface area contributed by atoms with Gasteiger partial charge in [0.15, 0.2) is 0 Å². The van der Waals surface area contributed by atoms with Crippen LogP contribution in [0.4, 0.5) is 5.82 Å². The van der Waals surface area contributed by atoms with E-state index in [2.05, 4.69) is 37.5 Å². The van der Waals surface area contributed by atoms with Crippen molar-refractivity contribution in [2.24, 2.45) is 0 Å². The van der Waals surface area contributed by atoms with Crippen molar-refractivity contribution in [2.75, 3.05) is 50.9 Å². The molecule has 2 saturated heterocycles. The van der Waals surface area contributed by atoms with Crippen molar-refractivity contribution in [1.82, 2.24) is 14.9 Å². The van der Waals surface area contributed by atoms with Crippen LogP contribution >= 0.6 is 11.3 Å². The first-order chi connectivity index (χ1) is 13.0. The standard InChI is InChI=1S/C20H30N4O2S/c1-5-20(4)13-24(8-11-26-20)18-17-14(2)15(3)27-19(17)22-16(21-18)12-23-6-9-25-10-7-23/h5-13H2,1-4H3. The Balaban J connectivity index is 1.72. The summed E-state index contributed by atoms with van der Waals surface area (Å²) in [5.41, 5.74) is 1.20. The lowest BCUT2D eigenvalue weighted by Gasteiger charge is -2.41. The second-order valence-electron chi connectivity index (χ2n) is 7.89. The van der Waals surface area contributed by atoms with Crippen LogP contribution in [0.3, 0.4) is 0 Å². The molecule has 148 valence electrons. The summed E-state index contributed by atoms with van der Waals surface area (Å²) in [5.74, 6) is 2.01. The first-order valence-corrected chi connectivity index (χ1v) is 10.8. The Kier molecular flexibility index (Phi) is 5.38. The molecule has 1 unspecified atom stereocenters. The molecule has 0 saturated carbocycles. The highest BCUT2D eigenvalue weighted by Crippen LogP contribution is 2.37. The van der Waals surface area contributed by atoms with Gasteiger partial charge in [0.05, 0.1) is 37.4 Å². The zero-order valence-corrected chi connectivity index (χ0v) is 17.7. The van der Waals surface area contributed by atoms with Crippen molar-refractivity contribution in [3.63, 3.8) is 0 Å². The number of ether oxygens (including phenoxy) is 2. The number of hydrogen-bond acceptors (Lipinski definition) is 7. The average Bonchev–Trinajstić information content (AvgIpc) is 2.96. The van der Waals surface area contributed by atoms with Crippen LogP contribution in [0.1, 0.15) is 36.5 Å². The van der Waals surface area contributed by atoms with E-state index >= 15 is 0 Å². The van der Waals surface area contributed by atoms with Gasteiger partial charge in [-0.15, -0.1) is 11.3 Å². The van der Waals surface area contributed by atoms with E-state index in [1.165, 1.54) is 15.8 Å². The molecule has 0 bridgehead atoms. The smallest absolute Gasteiger partial charge is 0.146 e. The minimum atomic E-state index is -0.112. The normalized spacial score (nSPS) is 24.7. The summed E-state index contributed by atoms with van der Waals surface area (Å²) in [6, 6.07) is 0. The Morgan fingerprint density at radius 1 is 1.11 bits per heavy atom. The number of hydrogen-bond donors (Lipinski definition) is 0. The Morgan fingerprint density at radius 3 is 2.63 bits per heavy atom. The quantitative estimate of drug-likeness (QED) is 0.799. The lowest BCUT2D eigenvalue weighted by molar-refractivity contribution is -0.0442. The number of thiophene rings is 1. The largest absolute Gasteiger partial charge is 0.379 e. The number of anilines is 1. The van der Waals surface area contributed by atoms with Crippen LogP contribution in [0.15, 0.2) is 0 Å². The van der Waals surface area contributed by atoms with Crippen LogP contribution in [-0.4, -0.2) is 66.5 Å². The van der Waals surface area contributed by atoms with E-state index in [9.17, 15) is 0 Å². The summed E-state index contributed by atoms with van der Waals surface area (Å²) in [4.78, 5) is 17.3. The molecule has 27 heavy (non-hydrogen) atoms. The predicted molar refractivity (Wildman–Crippen MR) is 110 cm³/mol. The van der Waals surface area contributed by atoms with Crippen LogP contribution in [0.2, 0.25) is 0 Å². The molecule has 0 amide bonds. The van der Waals surface area contributed by atoms with Crippen molar-refractivity contribution in [3.05, 3.63) is 16.3 Å². The first-order valence-electron chi connectivity index (χ1n) is 9.95. The average molecular weight is 391 g/mol. The molecule has 2 aliphatic heterocycles. The maximum atomic E-state index is 6.06. The fraction of sp³-hybridized carbons (Fsp3) is 0.700. The molecule has 2 aliphatic rings. The van der Waals surface area contributed by atoms with E-state index in [0.717, 1.165) is 75.4 Å². The zero-order valence-electron chi connectivity index (χ0n) is 16.9. The summed E-state index contributed by atoms with van der Waals surface area (Å²) in [7, 11) is 0.